The van der Waals surface area contributed by atoms with Gasteiger partial charge in [-0.2, -0.15) is 5.10 Å². The molecule has 150 valence electrons. The molecular weight excluding hydrogens is 410 g/mol. The summed E-state index contributed by atoms with van der Waals surface area (Å²) in [4.78, 5) is 12.1. The Bertz CT molecular complexity index is 1010. The minimum atomic E-state index is -0.226. The van der Waals surface area contributed by atoms with E-state index in [1.54, 1.807) is 12.5 Å². The molecule has 0 saturated carbocycles. The predicted molar refractivity (Wildman–Crippen MR) is 116 cm³/mol. The van der Waals surface area contributed by atoms with Crippen molar-refractivity contribution in [2.45, 2.75) is 25.5 Å². The van der Waals surface area contributed by atoms with Gasteiger partial charge in [-0.3, -0.25) is 4.79 Å². The van der Waals surface area contributed by atoms with Gasteiger partial charge in [-0.1, -0.05) is 23.4 Å². The van der Waals surface area contributed by atoms with E-state index in [1.807, 2.05) is 60.9 Å². The minimum Gasteiger partial charge on any atom is -0.465 e. The minimum absolute atomic E-state index is 0.178. The van der Waals surface area contributed by atoms with Crippen LogP contribution in [-0.4, -0.2) is 32.6 Å². The van der Waals surface area contributed by atoms with Crippen molar-refractivity contribution < 1.29 is 9.21 Å². The van der Waals surface area contributed by atoms with Gasteiger partial charge in [0.15, 0.2) is 11.0 Å². The number of hydrogen-bond acceptors (Lipinski definition) is 6. The van der Waals surface area contributed by atoms with Crippen LogP contribution in [-0.2, 0) is 11.3 Å². The summed E-state index contributed by atoms with van der Waals surface area (Å²) in [6, 6.07) is 11.1. The lowest BCUT2D eigenvalue weighted by atomic mass is 10.2. The molecular formula is C20H20ClN5O2S. The standard InChI is InChI=1S/C20H20ClN5O2S/c1-3-26-19(15-6-8-16(21)9-7-15)24-25-20(26)29-13-18(27)23-22-12-14(2)11-17-5-4-10-28-17/h4-12H,3,13H2,1-2H3,(H,23,27). The van der Waals surface area contributed by atoms with Gasteiger partial charge in [-0.25, -0.2) is 5.43 Å². The molecule has 7 nitrogen and oxygen atoms in total. The van der Waals surface area contributed by atoms with Crippen LogP contribution in [0.3, 0.4) is 0 Å². The Morgan fingerprint density at radius 3 is 2.79 bits per heavy atom. The van der Waals surface area contributed by atoms with Gasteiger partial charge >= 0.3 is 0 Å². The van der Waals surface area contributed by atoms with Crippen LogP contribution in [0.5, 0.6) is 0 Å². The third-order valence-corrected chi connectivity index (χ3v) is 5.06. The summed E-state index contributed by atoms with van der Waals surface area (Å²) < 4.78 is 7.19. The van der Waals surface area contributed by atoms with Crippen LogP contribution in [0.2, 0.25) is 5.02 Å². The van der Waals surface area contributed by atoms with Crippen molar-refractivity contribution in [1.82, 2.24) is 20.2 Å². The third kappa shape index (κ3) is 5.82. The molecule has 0 atom stereocenters. The average molecular weight is 430 g/mol. The molecule has 3 rings (SSSR count). The molecule has 2 heterocycles. The molecule has 0 fully saturated rings. The van der Waals surface area contributed by atoms with Crippen LogP contribution in [0.4, 0.5) is 0 Å². The van der Waals surface area contributed by atoms with E-state index < -0.39 is 0 Å². The van der Waals surface area contributed by atoms with Crippen molar-refractivity contribution in [1.29, 1.82) is 0 Å². The highest BCUT2D eigenvalue weighted by atomic mass is 35.5. The fraction of sp³-hybridized carbons (Fsp3) is 0.200. The van der Waals surface area contributed by atoms with Crippen LogP contribution >= 0.6 is 23.4 Å². The van der Waals surface area contributed by atoms with Crippen LogP contribution < -0.4 is 5.43 Å². The maximum absolute atomic E-state index is 12.1. The maximum atomic E-state index is 12.1. The van der Waals surface area contributed by atoms with E-state index in [0.29, 0.717) is 16.7 Å². The van der Waals surface area contributed by atoms with Gasteiger partial charge in [0.2, 0.25) is 0 Å². The molecule has 0 aliphatic heterocycles. The highest BCUT2D eigenvalue weighted by Gasteiger charge is 2.14. The largest absolute Gasteiger partial charge is 0.465 e. The van der Waals surface area contributed by atoms with E-state index in [0.717, 1.165) is 22.7 Å². The van der Waals surface area contributed by atoms with Crippen molar-refractivity contribution >= 4 is 41.6 Å². The number of benzene rings is 1. The first-order valence-electron chi connectivity index (χ1n) is 8.92. The average Bonchev–Trinajstić information content (AvgIpc) is 3.36. The Morgan fingerprint density at radius 1 is 1.31 bits per heavy atom. The molecule has 0 unspecified atom stereocenters. The number of aromatic nitrogens is 3. The van der Waals surface area contributed by atoms with Gasteiger partial charge < -0.3 is 8.98 Å². The summed E-state index contributed by atoms with van der Waals surface area (Å²) in [5.41, 5.74) is 4.28. The number of hydrogen-bond donors (Lipinski definition) is 1. The van der Waals surface area contributed by atoms with E-state index in [9.17, 15) is 4.79 Å². The zero-order valence-electron chi connectivity index (χ0n) is 16.0. The fourth-order valence-corrected chi connectivity index (χ4v) is 3.42. The van der Waals surface area contributed by atoms with Gasteiger partial charge in [-0.05, 0) is 61.9 Å². The Morgan fingerprint density at radius 2 is 2.10 bits per heavy atom. The molecule has 9 heteroatoms. The van der Waals surface area contributed by atoms with Crippen molar-refractivity contribution in [3.63, 3.8) is 0 Å². The number of nitrogens with one attached hydrogen (secondary N) is 1. The summed E-state index contributed by atoms with van der Waals surface area (Å²) in [7, 11) is 0. The number of rotatable bonds is 8. The van der Waals surface area contributed by atoms with Crippen molar-refractivity contribution in [3.05, 3.63) is 59.0 Å². The Hall–Kier alpha value is -2.84. The van der Waals surface area contributed by atoms with Gasteiger partial charge in [0, 0.05) is 17.1 Å². The van der Waals surface area contributed by atoms with Crippen molar-refractivity contribution in [2.24, 2.45) is 5.10 Å². The zero-order valence-corrected chi connectivity index (χ0v) is 17.6. The predicted octanol–water partition coefficient (Wildman–Crippen LogP) is 4.51. The molecule has 0 saturated heterocycles. The van der Waals surface area contributed by atoms with Gasteiger partial charge in [0.05, 0.1) is 18.2 Å². The molecule has 0 spiro atoms. The van der Waals surface area contributed by atoms with Gasteiger partial charge in [-0.15, -0.1) is 10.2 Å². The lowest BCUT2D eigenvalue weighted by molar-refractivity contribution is -0.118. The normalized spacial score (nSPS) is 11.9. The number of carbonyl (C=O) groups is 1. The van der Waals surface area contributed by atoms with Crippen LogP contribution in [0.1, 0.15) is 19.6 Å². The van der Waals surface area contributed by atoms with E-state index in [1.165, 1.54) is 11.8 Å². The quantitative estimate of drug-likeness (QED) is 0.323. The second kappa shape index (κ2) is 10.1. The maximum Gasteiger partial charge on any atom is 0.250 e. The molecule has 1 amide bonds. The van der Waals surface area contributed by atoms with Crippen LogP contribution in [0, 0.1) is 0 Å². The van der Waals surface area contributed by atoms with Crippen LogP contribution in [0.25, 0.3) is 17.5 Å². The summed E-state index contributed by atoms with van der Waals surface area (Å²) in [5.74, 6) is 1.42. The molecule has 29 heavy (non-hydrogen) atoms. The highest BCUT2D eigenvalue weighted by Crippen LogP contribution is 2.25. The second-order valence-electron chi connectivity index (χ2n) is 6.04. The molecule has 0 aliphatic carbocycles. The Balaban J connectivity index is 1.56. The zero-order chi connectivity index (χ0) is 20.6. The SMILES string of the molecule is CCn1c(SCC(=O)NN=CC(C)=Cc2ccco2)nnc1-c1ccc(Cl)cc1. The van der Waals surface area contributed by atoms with Gasteiger partial charge in [0.1, 0.15) is 5.76 Å². The lowest BCUT2D eigenvalue weighted by Crippen LogP contribution is -2.20. The lowest BCUT2D eigenvalue weighted by Gasteiger charge is -2.07. The molecule has 3 aromatic rings. The monoisotopic (exact) mass is 429 g/mol. The first-order valence-corrected chi connectivity index (χ1v) is 10.3. The number of thioether (sulfide) groups is 1. The first kappa shape index (κ1) is 20.9. The molecule has 0 radical (unpaired) electrons. The van der Waals surface area contributed by atoms with E-state index in [2.05, 4.69) is 20.7 Å². The van der Waals surface area contributed by atoms with Crippen LogP contribution in [0.15, 0.2) is 62.9 Å². The molecule has 1 aromatic carbocycles. The Kier molecular flexibility index (Phi) is 7.26. The van der Waals surface area contributed by atoms with Crippen molar-refractivity contribution in [2.75, 3.05) is 5.75 Å². The number of allylic oxidation sites excluding steroid dienone is 1. The number of carbonyl (C=O) groups excluding carboxylic acids is 1. The summed E-state index contributed by atoms with van der Waals surface area (Å²) in [5, 5.41) is 13.8. The molecule has 0 bridgehead atoms. The van der Waals surface area contributed by atoms with E-state index in [4.69, 9.17) is 16.0 Å². The van der Waals surface area contributed by atoms with Crippen molar-refractivity contribution in [3.8, 4) is 11.4 Å². The summed E-state index contributed by atoms with van der Waals surface area (Å²) in [6.07, 6.45) is 4.99. The third-order valence-electron chi connectivity index (χ3n) is 3.84. The molecule has 0 aliphatic rings. The smallest absolute Gasteiger partial charge is 0.250 e. The summed E-state index contributed by atoms with van der Waals surface area (Å²) >= 11 is 7.26. The number of hydrazone groups is 1. The first-order chi connectivity index (χ1) is 14.1. The highest BCUT2D eigenvalue weighted by molar-refractivity contribution is 7.99. The second-order valence-corrected chi connectivity index (χ2v) is 7.42. The van der Waals surface area contributed by atoms with Gasteiger partial charge in [0.25, 0.3) is 5.91 Å². The molecule has 1 N–H and O–H groups in total. The number of nitrogens with zero attached hydrogens (tertiary/aromatic N) is 4. The summed E-state index contributed by atoms with van der Waals surface area (Å²) in [6.45, 7) is 4.56. The fourth-order valence-electron chi connectivity index (χ4n) is 2.50. The van der Waals surface area contributed by atoms with E-state index >= 15 is 0 Å². The number of furan rings is 1. The Labute approximate surface area is 177 Å². The molecule has 2 aromatic heterocycles. The van der Waals surface area contributed by atoms with E-state index in [-0.39, 0.29) is 11.7 Å². The topological polar surface area (TPSA) is 85.3 Å². The number of amides is 1. The number of halogens is 1.